The van der Waals surface area contributed by atoms with Crippen molar-refractivity contribution in [3.63, 3.8) is 0 Å². The summed E-state index contributed by atoms with van der Waals surface area (Å²) < 4.78 is 11.2. The molecular weight excluding hydrogens is 576 g/mol. The molecule has 0 N–H and O–H groups in total. The van der Waals surface area contributed by atoms with Gasteiger partial charge in [-0.1, -0.05) is 57.0 Å². The Morgan fingerprint density at radius 3 is 2.47 bits per heavy atom. The summed E-state index contributed by atoms with van der Waals surface area (Å²) in [6, 6.07) is 25.6. The second-order valence-corrected chi connectivity index (χ2v) is 13.5. The van der Waals surface area contributed by atoms with Crippen molar-refractivity contribution >= 4 is 21.8 Å². The van der Waals surface area contributed by atoms with Crippen LogP contribution in [0.5, 0.6) is 11.5 Å². The lowest BCUT2D eigenvalue weighted by atomic mass is 9.74. The van der Waals surface area contributed by atoms with Gasteiger partial charge in [0.15, 0.2) is 0 Å². The normalized spacial score (nSPS) is 16.6. The first-order valence-corrected chi connectivity index (χ1v) is 17.4. The maximum atomic E-state index is 6.69. The Morgan fingerprint density at radius 1 is 0.851 bits per heavy atom. The van der Waals surface area contributed by atoms with E-state index in [1.165, 1.54) is 51.7 Å². The Labute approximate surface area is 278 Å². The molecule has 3 heterocycles. The van der Waals surface area contributed by atoms with Gasteiger partial charge >= 0.3 is 0 Å². The average molecular weight is 623 g/mol. The predicted octanol–water partition coefficient (Wildman–Crippen LogP) is 11.1. The molecule has 2 atom stereocenters. The number of unbranched alkanes of at least 4 members (excludes halogenated alkanes) is 1. The molecule has 5 nitrogen and oxygen atoms in total. The van der Waals surface area contributed by atoms with Crippen molar-refractivity contribution in [2.24, 2.45) is 5.92 Å². The number of benzene rings is 3. The monoisotopic (exact) mass is 622 g/mol. The minimum atomic E-state index is 0.432. The quantitative estimate of drug-likeness (QED) is 0.151. The van der Waals surface area contributed by atoms with Gasteiger partial charge in [0, 0.05) is 46.3 Å². The molecule has 47 heavy (non-hydrogen) atoms. The fraction of sp³-hybridized carbons (Fsp3) is 0.333. The zero-order chi connectivity index (χ0) is 32.7. The molecule has 240 valence electrons. The standard InChI is InChI=1S/C42H46N4O/c1-7-9-16-38-42(41-29(5)13-12-14-30(41)6)36(8-2)44-46(38)31-22-28(4)23-33(25-31)47-32-18-19-35-34-15-10-11-17-37(34)45(39(35)26-32)40-24-27(3)20-21-43-40/h10-11,13,15,17-26,30,41H,7-9,12,14,16H2,1-6H3/t30-,41+/m0/s1. The molecule has 7 rings (SSSR count). The summed E-state index contributed by atoms with van der Waals surface area (Å²) in [6.45, 7) is 13.5. The van der Waals surface area contributed by atoms with Crippen LogP contribution in [-0.4, -0.2) is 19.3 Å². The predicted molar refractivity (Wildman–Crippen MR) is 195 cm³/mol. The Hall–Kier alpha value is -4.64. The summed E-state index contributed by atoms with van der Waals surface area (Å²) in [7, 11) is 0. The van der Waals surface area contributed by atoms with Crippen LogP contribution < -0.4 is 4.74 Å². The summed E-state index contributed by atoms with van der Waals surface area (Å²) >= 11 is 0. The van der Waals surface area contributed by atoms with E-state index in [-0.39, 0.29) is 0 Å². The number of fused-ring (bicyclic) bond motifs is 3. The van der Waals surface area contributed by atoms with Crippen molar-refractivity contribution in [1.82, 2.24) is 19.3 Å². The van der Waals surface area contributed by atoms with Crippen molar-refractivity contribution < 1.29 is 4.74 Å². The molecule has 0 unspecified atom stereocenters. The number of allylic oxidation sites excluding steroid dienone is 2. The second kappa shape index (κ2) is 12.9. The van der Waals surface area contributed by atoms with Gasteiger partial charge in [-0.3, -0.25) is 4.57 Å². The number of ether oxygens (including phenoxy) is 1. The summed E-state index contributed by atoms with van der Waals surface area (Å²) in [4.78, 5) is 4.75. The van der Waals surface area contributed by atoms with Gasteiger partial charge in [-0.2, -0.15) is 5.10 Å². The third-order valence-electron chi connectivity index (χ3n) is 9.95. The first-order chi connectivity index (χ1) is 22.9. The highest BCUT2D eigenvalue weighted by Gasteiger charge is 2.31. The molecule has 0 amide bonds. The average Bonchev–Trinajstić information content (AvgIpc) is 3.58. The van der Waals surface area contributed by atoms with Gasteiger partial charge in [0.05, 0.1) is 22.4 Å². The van der Waals surface area contributed by atoms with Crippen LogP contribution in [0.1, 0.15) is 87.4 Å². The molecule has 0 aliphatic heterocycles. The van der Waals surface area contributed by atoms with Crippen molar-refractivity contribution in [2.45, 2.75) is 86.0 Å². The largest absolute Gasteiger partial charge is 0.457 e. The molecule has 0 saturated heterocycles. The molecule has 3 aromatic carbocycles. The Bertz CT molecular complexity index is 2110. The molecule has 0 saturated carbocycles. The van der Waals surface area contributed by atoms with Crippen LogP contribution in [0.3, 0.4) is 0 Å². The van der Waals surface area contributed by atoms with E-state index >= 15 is 0 Å². The van der Waals surface area contributed by atoms with E-state index in [1.807, 2.05) is 12.3 Å². The van der Waals surface area contributed by atoms with E-state index < -0.39 is 0 Å². The number of hydrogen-bond donors (Lipinski definition) is 0. The molecule has 5 heteroatoms. The number of rotatable bonds is 9. The number of aromatic nitrogens is 4. The van der Waals surface area contributed by atoms with Gasteiger partial charge in [-0.15, -0.1) is 0 Å². The summed E-state index contributed by atoms with van der Waals surface area (Å²) in [5.74, 6) is 3.56. The summed E-state index contributed by atoms with van der Waals surface area (Å²) in [6.07, 6.45) is 11.0. The molecule has 0 radical (unpaired) electrons. The lowest BCUT2D eigenvalue weighted by Crippen LogP contribution is -2.18. The minimum absolute atomic E-state index is 0.432. The lowest BCUT2D eigenvalue weighted by molar-refractivity contribution is 0.445. The van der Waals surface area contributed by atoms with Crippen molar-refractivity contribution in [3.05, 3.63) is 119 Å². The van der Waals surface area contributed by atoms with Crippen LogP contribution in [0.2, 0.25) is 0 Å². The maximum Gasteiger partial charge on any atom is 0.137 e. The minimum Gasteiger partial charge on any atom is -0.457 e. The topological polar surface area (TPSA) is 44.9 Å². The molecule has 3 aromatic heterocycles. The van der Waals surface area contributed by atoms with Gasteiger partial charge in [0.1, 0.15) is 17.3 Å². The smallest absolute Gasteiger partial charge is 0.137 e. The number of hydrogen-bond acceptors (Lipinski definition) is 3. The van der Waals surface area contributed by atoms with Crippen LogP contribution in [0, 0.1) is 19.8 Å². The van der Waals surface area contributed by atoms with E-state index in [0.717, 1.165) is 65.3 Å². The molecule has 0 spiro atoms. The second-order valence-electron chi connectivity index (χ2n) is 13.5. The molecule has 0 bridgehead atoms. The fourth-order valence-electron chi connectivity index (χ4n) is 7.71. The summed E-state index contributed by atoms with van der Waals surface area (Å²) in [5.41, 5.74) is 11.2. The highest BCUT2D eigenvalue weighted by molar-refractivity contribution is 6.09. The third-order valence-corrected chi connectivity index (χ3v) is 9.95. The van der Waals surface area contributed by atoms with E-state index in [0.29, 0.717) is 11.8 Å². The van der Waals surface area contributed by atoms with Gasteiger partial charge in [0.25, 0.3) is 0 Å². The van der Waals surface area contributed by atoms with Crippen LogP contribution in [0.4, 0.5) is 0 Å². The Morgan fingerprint density at radius 2 is 1.68 bits per heavy atom. The number of para-hydroxylation sites is 1. The molecule has 1 aliphatic carbocycles. The number of aryl methyl sites for hydroxylation is 3. The van der Waals surface area contributed by atoms with E-state index in [4.69, 9.17) is 14.8 Å². The maximum absolute atomic E-state index is 6.69. The Balaban J connectivity index is 1.32. The first-order valence-electron chi connectivity index (χ1n) is 17.4. The van der Waals surface area contributed by atoms with Crippen LogP contribution >= 0.6 is 0 Å². The van der Waals surface area contributed by atoms with Gasteiger partial charge in [0.2, 0.25) is 0 Å². The van der Waals surface area contributed by atoms with Crippen LogP contribution in [0.15, 0.2) is 90.6 Å². The Kier molecular flexibility index (Phi) is 8.48. The zero-order valence-electron chi connectivity index (χ0n) is 28.7. The third kappa shape index (κ3) is 5.77. The molecule has 1 aliphatic rings. The van der Waals surface area contributed by atoms with Crippen molar-refractivity contribution in [1.29, 1.82) is 0 Å². The van der Waals surface area contributed by atoms with Crippen LogP contribution in [0.25, 0.3) is 33.3 Å². The SMILES string of the molecule is CCCCc1c([C@@H]2C(C)=CCC[C@@H]2C)c(CC)nn1-c1cc(C)cc(Oc2ccc3c4ccccc4n(-c4cc(C)ccn4)c3c2)c1. The van der Waals surface area contributed by atoms with Gasteiger partial charge in [-0.05, 0) is 112 Å². The van der Waals surface area contributed by atoms with E-state index in [1.54, 1.807) is 0 Å². The van der Waals surface area contributed by atoms with Gasteiger partial charge in [-0.25, -0.2) is 9.67 Å². The first kappa shape index (κ1) is 31.0. The lowest BCUT2D eigenvalue weighted by Gasteiger charge is -2.30. The van der Waals surface area contributed by atoms with E-state index in [2.05, 4.69) is 124 Å². The highest BCUT2D eigenvalue weighted by Crippen LogP contribution is 2.43. The number of pyridine rings is 1. The highest BCUT2D eigenvalue weighted by atomic mass is 16.5. The fourth-order valence-corrected chi connectivity index (χ4v) is 7.71. The van der Waals surface area contributed by atoms with Crippen molar-refractivity contribution in [2.75, 3.05) is 0 Å². The zero-order valence-corrected chi connectivity index (χ0v) is 28.7. The van der Waals surface area contributed by atoms with Gasteiger partial charge < -0.3 is 4.74 Å². The molecular formula is C42H46N4O. The summed E-state index contributed by atoms with van der Waals surface area (Å²) in [5, 5.41) is 7.71. The van der Waals surface area contributed by atoms with E-state index in [9.17, 15) is 0 Å². The number of nitrogens with zero attached hydrogens (tertiary/aromatic N) is 4. The molecule has 6 aromatic rings. The molecule has 0 fully saturated rings. The van der Waals surface area contributed by atoms with Crippen LogP contribution in [-0.2, 0) is 12.8 Å². The van der Waals surface area contributed by atoms with Crippen molar-refractivity contribution in [3.8, 4) is 23.0 Å².